The zero-order valence-corrected chi connectivity index (χ0v) is 30.8. The topological polar surface area (TPSA) is 211 Å². The van der Waals surface area contributed by atoms with Gasteiger partial charge in [-0.3, -0.25) is 25.7 Å². The third-order valence-corrected chi connectivity index (χ3v) is 7.93. The molecule has 1 unspecified atom stereocenters. The predicted octanol–water partition coefficient (Wildman–Crippen LogP) is 6.29. The van der Waals surface area contributed by atoms with Crippen LogP contribution in [-0.2, 0) is 38.3 Å². The molecule has 16 heteroatoms. The molecule has 0 saturated carbocycles. The van der Waals surface area contributed by atoms with Gasteiger partial charge in [-0.25, -0.2) is 4.79 Å². The number of nitrogens with zero attached hydrogens (tertiary/aromatic N) is 2. The van der Waals surface area contributed by atoms with Crippen LogP contribution >= 0.6 is 23.1 Å². The third kappa shape index (κ3) is 16.3. The van der Waals surface area contributed by atoms with Crippen LogP contribution in [0.3, 0.4) is 0 Å². The molecule has 14 nitrogen and oxygen atoms in total. The van der Waals surface area contributed by atoms with Crippen LogP contribution in [0.15, 0.2) is 48.5 Å². The smallest absolute Gasteiger partial charge is 0.412 e. The van der Waals surface area contributed by atoms with Gasteiger partial charge in [-0.1, -0.05) is 35.6 Å². The Bertz CT molecular complexity index is 1620. The fourth-order valence-electron chi connectivity index (χ4n) is 4.22. The highest BCUT2D eigenvalue weighted by molar-refractivity contribution is 8.26. The van der Waals surface area contributed by atoms with Crippen molar-refractivity contribution in [3.63, 3.8) is 0 Å². The summed E-state index contributed by atoms with van der Waals surface area (Å²) in [4.78, 5) is 36.9. The maximum Gasteiger partial charge on any atom is 0.412 e. The summed E-state index contributed by atoms with van der Waals surface area (Å²) in [6.45, 7) is 10.9. The van der Waals surface area contributed by atoms with E-state index >= 15 is 0 Å². The van der Waals surface area contributed by atoms with E-state index in [1.165, 1.54) is 11.3 Å². The first-order valence-electron chi connectivity index (χ1n) is 16.0. The van der Waals surface area contributed by atoms with Crippen molar-refractivity contribution < 1.29 is 29.0 Å². The number of anilines is 3. The van der Waals surface area contributed by atoms with Gasteiger partial charge in [0.25, 0.3) is 0 Å². The molecule has 7 N–H and O–H groups in total. The minimum absolute atomic E-state index is 0.0398. The molecule has 0 aliphatic heterocycles. The second kappa shape index (κ2) is 18.6. The van der Waals surface area contributed by atoms with Crippen molar-refractivity contribution in [1.82, 2.24) is 15.5 Å². The minimum atomic E-state index is -1.16. The number of carbonyl (C=O) groups excluding carboxylic acids is 3. The Morgan fingerprint density at radius 3 is 2.04 bits per heavy atom. The first kappa shape index (κ1) is 40.1. The lowest BCUT2D eigenvalue weighted by Crippen LogP contribution is -2.32. The summed E-state index contributed by atoms with van der Waals surface area (Å²) < 4.78 is 10.7. The Kier molecular flexibility index (Phi) is 14.9. The van der Waals surface area contributed by atoms with Crippen LogP contribution < -0.4 is 21.3 Å². The van der Waals surface area contributed by atoms with Crippen molar-refractivity contribution in [3.8, 4) is 0 Å². The summed E-state index contributed by atoms with van der Waals surface area (Å²) in [6, 6.07) is 13.8. The van der Waals surface area contributed by atoms with Crippen LogP contribution in [0.5, 0.6) is 0 Å². The zero-order chi connectivity index (χ0) is 36.9. The lowest BCUT2D eigenvalue weighted by Gasteiger charge is -2.24. The van der Waals surface area contributed by atoms with E-state index in [0.29, 0.717) is 41.3 Å². The van der Waals surface area contributed by atoms with E-state index in [0.717, 1.165) is 28.8 Å². The number of hydrogen-bond donors (Lipinski definition) is 7. The van der Waals surface area contributed by atoms with Crippen molar-refractivity contribution in [2.45, 2.75) is 97.7 Å². The number of amidine groups is 1. The average Bonchev–Trinajstić information content (AvgIpc) is 3.42. The monoisotopic (exact) mass is 726 g/mol. The summed E-state index contributed by atoms with van der Waals surface area (Å²) in [5.41, 5.74) is 1.57. The number of nitrogens with one attached hydrogen (secondary N) is 6. The number of unbranched alkanes of at least 4 members (excludes halogenated alkanes) is 1. The van der Waals surface area contributed by atoms with Crippen molar-refractivity contribution in [2.75, 3.05) is 16.0 Å². The molecule has 2 aromatic carbocycles. The Hall–Kier alpha value is -4.38. The van der Waals surface area contributed by atoms with E-state index in [1.807, 2.05) is 20.8 Å². The molecular formula is C34H46N8O6S2. The Balaban J connectivity index is 1.30. The lowest BCUT2D eigenvalue weighted by molar-refractivity contribution is -0.148. The zero-order valence-electron chi connectivity index (χ0n) is 29.1. The standard InChI is InChI=1S/C34H46N8O6S2/c1-33(2,3)47-31(45)37-23-15-11-21(12-16-23)19-26(43)39-29(36)49-25(35)9-7-8-10-28-41-42-30(50-28)40-27(44)20-22-13-17-24(18-14-22)38-32(46)48-34(4,5)6/h11-18,32,35,38,46H,7-10,19-20H2,1-6H3,(H,37,45)(H2,36,39,43)(H,40,42,44). The predicted molar refractivity (Wildman–Crippen MR) is 198 cm³/mol. The quantitative estimate of drug-likeness (QED) is 0.0427. The van der Waals surface area contributed by atoms with E-state index in [1.54, 1.807) is 69.3 Å². The highest BCUT2D eigenvalue weighted by Crippen LogP contribution is 2.20. The minimum Gasteiger partial charge on any atom is -0.444 e. The average molecular weight is 727 g/mol. The maximum absolute atomic E-state index is 12.5. The molecule has 0 bridgehead atoms. The van der Waals surface area contributed by atoms with Crippen LogP contribution in [0.1, 0.15) is 76.9 Å². The molecule has 50 heavy (non-hydrogen) atoms. The van der Waals surface area contributed by atoms with Gasteiger partial charge >= 0.3 is 6.09 Å². The number of aliphatic hydroxyl groups is 1. The van der Waals surface area contributed by atoms with Gasteiger partial charge in [-0.15, -0.1) is 10.2 Å². The number of aliphatic hydroxyl groups excluding tert-OH is 1. The van der Waals surface area contributed by atoms with Crippen molar-refractivity contribution in [3.05, 3.63) is 64.7 Å². The van der Waals surface area contributed by atoms with E-state index in [2.05, 4.69) is 31.5 Å². The maximum atomic E-state index is 12.5. The first-order chi connectivity index (χ1) is 23.4. The van der Waals surface area contributed by atoms with Gasteiger partial charge < -0.3 is 30.5 Å². The molecular weight excluding hydrogens is 681 g/mol. The molecule has 0 fully saturated rings. The van der Waals surface area contributed by atoms with Crippen LogP contribution in [-0.4, -0.2) is 61.0 Å². The number of amides is 3. The number of hydrogen-bond acceptors (Lipinski definition) is 13. The van der Waals surface area contributed by atoms with Gasteiger partial charge in [-0.2, -0.15) is 0 Å². The number of ether oxygens (including phenoxy) is 2. The number of carbonyl (C=O) groups is 3. The molecule has 1 aromatic heterocycles. The molecule has 1 atom stereocenters. The highest BCUT2D eigenvalue weighted by Gasteiger charge is 2.18. The van der Waals surface area contributed by atoms with Crippen LogP contribution in [0.4, 0.5) is 21.3 Å². The van der Waals surface area contributed by atoms with Gasteiger partial charge in [0.1, 0.15) is 10.6 Å². The van der Waals surface area contributed by atoms with Crippen LogP contribution in [0, 0.1) is 10.8 Å². The van der Waals surface area contributed by atoms with E-state index < -0.39 is 23.7 Å². The van der Waals surface area contributed by atoms with Crippen LogP contribution in [0.2, 0.25) is 0 Å². The summed E-state index contributed by atoms with van der Waals surface area (Å²) >= 11 is 2.19. The molecule has 3 aromatic rings. The SMILES string of the molecule is CC(C)(C)OC(=O)Nc1ccc(CC(=O)NC(=N)SC(=N)CCCCc2nnc(NC(=O)Cc3ccc(NC(O)OC(C)(C)C)cc3)s2)cc1. The third-order valence-electron chi connectivity index (χ3n) is 6.27. The summed E-state index contributed by atoms with van der Waals surface area (Å²) in [5, 5.41) is 46.5. The fraction of sp³-hybridized carbons (Fsp3) is 0.441. The van der Waals surface area contributed by atoms with E-state index in [4.69, 9.17) is 20.3 Å². The number of rotatable bonds is 14. The molecule has 3 rings (SSSR count). The normalized spacial score (nSPS) is 12.1. The number of thioether (sulfide) groups is 1. The van der Waals surface area contributed by atoms with Gasteiger partial charge in [0.05, 0.1) is 23.5 Å². The Labute approximate surface area is 300 Å². The molecule has 0 spiro atoms. The molecule has 1 heterocycles. The largest absolute Gasteiger partial charge is 0.444 e. The van der Waals surface area contributed by atoms with Gasteiger partial charge in [0.2, 0.25) is 23.4 Å². The van der Waals surface area contributed by atoms with Crippen molar-refractivity contribution in [1.29, 1.82) is 10.8 Å². The van der Waals surface area contributed by atoms with E-state index in [9.17, 15) is 19.5 Å². The second-order valence-corrected chi connectivity index (χ2v) is 15.4. The summed E-state index contributed by atoms with van der Waals surface area (Å²) in [6.07, 6.45) is 0.950. The van der Waals surface area contributed by atoms with Gasteiger partial charge in [0, 0.05) is 17.8 Å². The summed E-state index contributed by atoms with van der Waals surface area (Å²) in [7, 11) is 0. The molecule has 0 saturated heterocycles. The van der Waals surface area contributed by atoms with Gasteiger partial charge in [0.15, 0.2) is 5.17 Å². The van der Waals surface area contributed by atoms with Gasteiger partial charge in [-0.05, 0) is 108 Å². The van der Waals surface area contributed by atoms with Crippen LogP contribution in [0.25, 0.3) is 0 Å². The highest BCUT2D eigenvalue weighted by atomic mass is 32.2. The molecule has 0 aliphatic carbocycles. The molecule has 0 radical (unpaired) electrons. The second-order valence-electron chi connectivity index (χ2n) is 13.3. The number of benzene rings is 2. The Morgan fingerprint density at radius 2 is 1.44 bits per heavy atom. The van der Waals surface area contributed by atoms with Crippen molar-refractivity contribution in [2.24, 2.45) is 0 Å². The molecule has 270 valence electrons. The first-order valence-corrected chi connectivity index (χ1v) is 17.6. The molecule has 3 amide bonds. The lowest BCUT2D eigenvalue weighted by atomic mass is 10.1. The number of aromatic nitrogens is 2. The van der Waals surface area contributed by atoms with E-state index in [-0.39, 0.29) is 34.9 Å². The fourth-order valence-corrected chi connectivity index (χ4v) is 5.68. The molecule has 0 aliphatic rings. The Morgan fingerprint density at radius 1 is 0.840 bits per heavy atom. The summed E-state index contributed by atoms with van der Waals surface area (Å²) in [5.74, 6) is -0.606. The van der Waals surface area contributed by atoms with Crippen molar-refractivity contribution >= 4 is 67.7 Å². The number of aryl methyl sites for hydroxylation is 1.